The fourth-order valence-corrected chi connectivity index (χ4v) is 1.87. The summed E-state index contributed by atoms with van der Waals surface area (Å²) in [5, 5.41) is 23.4. The van der Waals surface area contributed by atoms with E-state index in [0.717, 1.165) is 10.9 Å². The smallest absolute Gasteiger partial charge is 0.326 e. The minimum Gasteiger partial charge on any atom is -0.480 e. The lowest BCUT2D eigenvalue weighted by Gasteiger charge is -2.14. The quantitative estimate of drug-likeness (QED) is 0.660. The number of rotatable bonds is 5. The molecule has 2 amide bonds. The second kappa shape index (κ2) is 6.67. The van der Waals surface area contributed by atoms with Gasteiger partial charge in [0.15, 0.2) is 0 Å². The maximum Gasteiger partial charge on any atom is 0.326 e. The van der Waals surface area contributed by atoms with E-state index in [1.54, 1.807) is 30.5 Å². The maximum absolute atomic E-state index is 11.8. The summed E-state index contributed by atoms with van der Waals surface area (Å²) < 4.78 is 0. The fourth-order valence-electron chi connectivity index (χ4n) is 1.87. The van der Waals surface area contributed by atoms with E-state index in [-0.39, 0.29) is 13.0 Å². The Bertz CT molecular complexity index is 659. The van der Waals surface area contributed by atoms with Gasteiger partial charge in [0.05, 0.1) is 5.52 Å². The third kappa shape index (κ3) is 3.90. The van der Waals surface area contributed by atoms with E-state index in [0.29, 0.717) is 5.69 Å². The summed E-state index contributed by atoms with van der Waals surface area (Å²) in [5.41, 5.74) is 1.33. The molecule has 2 aromatic rings. The average Bonchev–Trinajstić information content (AvgIpc) is 2.46. The SMILES string of the molecule is O=C(Nc1ccc2ncccc2c1)N[C@H](CCO)C(=O)O. The predicted molar refractivity (Wildman–Crippen MR) is 77.0 cm³/mol. The number of nitrogens with one attached hydrogen (secondary N) is 2. The summed E-state index contributed by atoms with van der Waals surface area (Å²) in [6, 6.07) is 7.05. The first-order chi connectivity index (χ1) is 10.1. The van der Waals surface area contributed by atoms with Gasteiger partial charge in [0.25, 0.3) is 0 Å². The maximum atomic E-state index is 11.8. The molecule has 110 valence electrons. The topological polar surface area (TPSA) is 112 Å². The molecule has 21 heavy (non-hydrogen) atoms. The third-order valence-corrected chi connectivity index (χ3v) is 2.88. The molecule has 1 atom stereocenters. The molecule has 0 aliphatic heterocycles. The van der Waals surface area contributed by atoms with E-state index in [2.05, 4.69) is 15.6 Å². The van der Waals surface area contributed by atoms with Crippen molar-refractivity contribution in [2.75, 3.05) is 11.9 Å². The molecule has 0 saturated heterocycles. The molecule has 4 N–H and O–H groups in total. The van der Waals surface area contributed by atoms with Crippen molar-refractivity contribution in [2.24, 2.45) is 0 Å². The predicted octanol–water partition coefficient (Wildman–Crippen LogP) is 1.19. The van der Waals surface area contributed by atoms with Gasteiger partial charge in [-0.15, -0.1) is 0 Å². The number of carboxylic acids is 1. The molecule has 2 rings (SSSR count). The highest BCUT2D eigenvalue weighted by molar-refractivity contribution is 5.94. The third-order valence-electron chi connectivity index (χ3n) is 2.88. The Morgan fingerprint density at radius 2 is 2.10 bits per heavy atom. The number of hydrogen-bond donors (Lipinski definition) is 4. The molecule has 7 heteroatoms. The molecular formula is C14H15N3O4. The van der Waals surface area contributed by atoms with Gasteiger partial charge in [0.1, 0.15) is 6.04 Å². The Hall–Kier alpha value is -2.67. The van der Waals surface area contributed by atoms with Crippen molar-refractivity contribution in [3.63, 3.8) is 0 Å². The number of aliphatic hydroxyl groups excluding tert-OH is 1. The normalized spacial score (nSPS) is 11.9. The number of aliphatic carboxylic acids is 1. The van der Waals surface area contributed by atoms with Crippen molar-refractivity contribution in [3.8, 4) is 0 Å². The molecule has 0 aliphatic rings. The number of hydrogen-bond acceptors (Lipinski definition) is 4. The number of aromatic nitrogens is 1. The molecule has 0 fully saturated rings. The van der Waals surface area contributed by atoms with Crippen LogP contribution in [0.5, 0.6) is 0 Å². The Kier molecular flexibility index (Phi) is 4.68. The number of urea groups is 1. The molecule has 1 aromatic heterocycles. The van der Waals surface area contributed by atoms with Crippen LogP contribution in [0.15, 0.2) is 36.5 Å². The Morgan fingerprint density at radius 3 is 2.81 bits per heavy atom. The van der Waals surface area contributed by atoms with Gasteiger partial charge >= 0.3 is 12.0 Å². The van der Waals surface area contributed by atoms with Crippen molar-refractivity contribution in [2.45, 2.75) is 12.5 Å². The molecule has 1 aromatic carbocycles. The van der Waals surface area contributed by atoms with Crippen LogP contribution < -0.4 is 10.6 Å². The van der Waals surface area contributed by atoms with Crippen LogP contribution in [-0.2, 0) is 4.79 Å². The number of fused-ring (bicyclic) bond motifs is 1. The van der Waals surface area contributed by atoms with Crippen LogP contribution in [0.2, 0.25) is 0 Å². The highest BCUT2D eigenvalue weighted by Gasteiger charge is 2.19. The van der Waals surface area contributed by atoms with E-state index in [9.17, 15) is 9.59 Å². The van der Waals surface area contributed by atoms with Crippen molar-refractivity contribution < 1.29 is 19.8 Å². The summed E-state index contributed by atoms with van der Waals surface area (Å²) >= 11 is 0. The molecule has 0 aliphatic carbocycles. The molecule has 1 heterocycles. The van der Waals surface area contributed by atoms with Gasteiger partial charge in [-0.05, 0) is 24.3 Å². The van der Waals surface area contributed by atoms with Gasteiger partial charge in [-0.3, -0.25) is 4.98 Å². The van der Waals surface area contributed by atoms with Crippen molar-refractivity contribution in [3.05, 3.63) is 36.5 Å². The minimum absolute atomic E-state index is 0.0512. The van der Waals surface area contributed by atoms with Gasteiger partial charge in [-0.1, -0.05) is 6.07 Å². The number of carbonyl (C=O) groups excluding carboxylic acids is 1. The van der Waals surface area contributed by atoms with Gasteiger partial charge in [-0.2, -0.15) is 0 Å². The van der Waals surface area contributed by atoms with Gasteiger partial charge in [0, 0.05) is 30.3 Å². The first kappa shape index (κ1) is 14.7. The lowest BCUT2D eigenvalue weighted by molar-refractivity contribution is -0.139. The molecule has 7 nitrogen and oxygen atoms in total. The lowest BCUT2D eigenvalue weighted by Crippen LogP contribution is -2.43. The first-order valence-electron chi connectivity index (χ1n) is 6.36. The van der Waals surface area contributed by atoms with Crippen LogP contribution in [0.3, 0.4) is 0 Å². The minimum atomic E-state index is -1.19. The van der Waals surface area contributed by atoms with E-state index in [1.165, 1.54) is 0 Å². The summed E-state index contributed by atoms with van der Waals surface area (Å²) in [4.78, 5) is 26.8. The molecule has 0 bridgehead atoms. The number of amides is 2. The average molecular weight is 289 g/mol. The molecule has 0 radical (unpaired) electrons. The van der Waals surface area contributed by atoms with Crippen LogP contribution >= 0.6 is 0 Å². The van der Waals surface area contributed by atoms with Crippen molar-refractivity contribution >= 4 is 28.6 Å². The summed E-state index contributed by atoms with van der Waals surface area (Å²) in [6.07, 6.45) is 1.62. The van der Waals surface area contributed by atoms with Crippen LogP contribution in [0, 0.1) is 0 Å². The Labute approximate surface area is 120 Å². The highest BCUT2D eigenvalue weighted by Crippen LogP contribution is 2.16. The molecule has 0 spiro atoms. The summed E-state index contributed by atoms with van der Waals surface area (Å²) in [5.74, 6) is -1.19. The number of nitrogens with zero attached hydrogens (tertiary/aromatic N) is 1. The summed E-state index contributed by atoms with van der Waals surface area (Å²) in [6.45, 7) is -0.321. The van der Waals surface area contributed by atoms with Crippen LogP contribution in [0.1, 0.15) is 6.42 Å². The fraction of sp³-hybridized carbons (Fsp3) is 0.214. The monoisotopic (exact) mass is 289 g/mol. The van der Waals surface area contributed by atoms with Crippen LogP contribution in [0.4, 0.5) is 10.5 Å². The lowest BCUT2D eigenvalue weighted by atomic mass is 10.2. The number of anilines is 1. The number of carboxylic acid groups (broad SMARTS) is 1. The number of benzene rings is 1. The van der Waals surface area contributed by atoms with E-state index < -0.39 is 18.0 Å². The van der Waals surface area contributed by atoms with E-state index >= 15 is 0 Å². The second-order valence-corrected chi connectivity index (χ2v) is 4.41. The zero-order valence-corrected chi connectivity index (χ0v) is 11.1. The second-order valence-electron chi connectivity index (χ2n) is 4.41. The van der Waals surface area contributed by atoms with Crippen LogP contribution in [0.25, 0.3) is 10.9 Å². The van der Waals surface area contributed by atoms with Gasteiger partial charge < -0.3 is 20.8 Å². The van der Waals surface area contributed by atoms with E-state index in [4.69, 9.17) is 10.2 Å². The molecular weight excluding hydrogens is 274 g/mol. The van der Waals surface area contributed by atoms with Gasteiger partial charge in [0.2, 0.25) is 0 Å². The molecule has 0 saturated carbocycles. The highest BCUT2D eigenvalue weighted by atomic mass is 16.4. The first-order valence-corrected chi connectivity index (χ1v) is 6.36. The zero-order valence-electron chi connectivity index (χ0n) is 11.1. The van der Waals surface area contributed by atoms with E-state index in [1.807, 2.05) is 6.07 Å². The number of aliphatic hydroxyl groups is 1. The van der Waals surface area contributed by atoms with Gasteiger partial charge in [-0.25, -0.2) is 9.59 Å². The van der Waals surface area contributed by atoms with Crippen molar-refractivity contribution in [1.82, 2.24) is 10.3 Å². The zero-order chi connectivity index (χ0) is 15.2. The number of carbonyl (C=O) groups is 2. The molecule has 0 unspecified atom stereocenters. The van der Waals surface area contributed by atoms with Crippen LogP contribution in [-0.4, -0.2) is 39.8 Å². The Balaban J connectivity index is 2.05. The number of pyridine rings is 1. The summed E-state index contributed by atoms with van der Waals surface area (Å²) in [7, 11) is 0. The van der Waals surface area contributed by atoms with Crippen molar-refractivity contribution in [1.29, 1.82) is 0 Å². The standard InChI is InChI=1S/C14H15N3O4/c18-7-5-12(13(19)20)17-14(21)16-10-3-4-11-9(8-10)2-1-6-15-11/h1-4,6,8,12,18H,5,7H2,(H,19,20)(H2,16,17,21)/t12-/m1/s1. The largest absolute Gasteiger partial charge is 0.480 e. The Morgan fingerprint density at radius 1 is 1.29 bits per heavy atom.